The molecule has 0 bridgehead atoms. The minimum absolute atomic E-state index is 0.191. The fourth-order valence-electron chi connectivity index (χ4n) is 2.81. The van der Waals surface area contributed by atoms with Crippen LogP contribution in [-0.4, -0.2) is 18.7 Å². The second kappa shape index (κ2) is 11.4. The van der Waals surface area contributed by atoms with Gasteiger partial charge in [0.2, 0.25) is 5.91 Å². The Morgan fingerprint density at radius 1 is 0.968 bits per heavy atom. The number of nitrogens with zero attached hydrogens (tertiary/aromatic N) is 1. The molecule has 0 atom stereocenters. The van der Waals surface area contributed by atoms with Gasteiger partial charge in [-0.05, 0) is 48.4 Å². The van der Waals surface area contributed by atoms with Gasteiger partial charge in [-0.25, -0.2) is 5.43 Å². The SMILES string of the molecule is CCOc1cc(/C=N\NC(=O)Cc2ccccc2)ccc1OCc1c(Cl)cccc1Cl. The number of ether oxygens (including phenoxy) is 2. The Balaban J connectivity index is 1.64. The van der Waals surface area contributed by atoms with E-state index in [1.54, 1.807) is 36.5 Å². The summed E-state index contributed by atoms with van der Waals surface area (Å²) in [5.41, 5.74) is 4.92. The summed E-state index contributed by atoms with van der Waals surface area (Å²) >= 11 is 12.4. The van der Waals surface area contributed by atoms with Gasteiger partial charge < -0.3 is 9.47 Å². The van der Waals surface area contributed by atoms with Crippen LogP contribution < -0.4 is 14.9 Å². The van der Waals surface area contributed by atoms with Crippen molar-refractivity contribution >= 4 is 35.3 Å². The highest BCUT2D eigenvalue weighted by atomic mass is 35.5. The summed E-state index contributed by atoms with van der Waals surface area (Å²) in [5, 5.41) is 5.11. The van der Waals surface area contributed by atoms with Crippen molar-refractivity contribution in [1.82, 2.24) is 5.43 Å². The number of benzene rings is 3. The molecule has 0 spiro atoms. The maximum absolute atomic E-state index is 12.0. The van der Waals surface area contributed by atoms with Crippen LogP contribution in [0.3, 0.4) is 0 Å². The summed E-state index contributed by atoms with van der Waals surface area (Å²) in [6.07, 6.45) is 1.82. The molecule has 0 radical (unpaired) electrons. The van der Waals surface area contributed by atoms with Crippen LogP contribution in [0.4, 0.5) is 0 Å². The molecule has 0 aliphatic heterocycles. The predicted molar refractivity (Wildman–Crippen MR) is 124 cm³/mol. The third-order valence-electron chi connectivity index (χ3n) is 4.31. The van der Waals surface area contributed by atoms with Crippen LogP contribution in [0, 0.1) is 0 Å². The molecule has 3 aromatic rings. The van der Waals surface area contributed by atoms with E-state index in [-0.39, 0.29) is 18.9 Å². The Bertz CT molecular complexity index is 1040. The lowest BCUT2D eigenvalue weighted by Crippen LogP contribution is -2.19. The molecule has 0 fully saturated rings. The molecule has 160 valence electrons. The molecule has 0 saturated carbocycles. The lowest BCUT2D eigenvalue weighted by molar-refractivity contribution is -0.120. The molecule has 31 heavy (non-hydrogen) atoms. The van der Waals surface area contributed by atoms with Crippen LogP contribution in [0.5, 0.6) is 11.5 Å². The minimum atomic E-state index is -0.191. The zero-order valence-corrected chi connectivity index (χ0v) is 18.5. The second-order valence-electron chi connectivity index (χ2n) is 6.58. The molecular weight excluding hydrogens is 435 g/mol. The maximum atomic E-state index is 12.0. The number of carbonyl (C=O) groups is 1. The number of hydrogen-bond donors (Lipinski definition) is 1. The summed E-state index contributed by atoms with van der Waals surface area (Å²) in [6, 6.07) is 20.2. The first-order chi connectivity index (χ1) is 15.1. The zero-order chi connectivity index (χ0) is 22.1. The molecule has 1 amide bonds. The molecule has 0 aliphatic rings. The van der Waals surface area contributed by atoms with E-state index in [1.807, 2.05) is 43.3 Å². The van der Waals surface area contributed by atoms with Gasteiger partial charge in [0.15, 0.2) is 11.5 Å². The summed E-state index contributed by atoms with van der Waals surface area (Å²) in [6.45, 7) is 2.57. The number of hydrazone groups is 1. The van der Waals surface area contributed by atoms with Crippen LogP contribution in [0.1, 0.15) is 23.6 Å². The van der Waals surface area contributed by atoms with Crippen molar-refractivity contribution < 1.29 is 14.3 Å². The third-order valence-corrected chi connectivity index (χ3v) is 5.02. The standard InChI is InChI=1S/C24H22Cl2N2O3/c1-2-30-23-13-18(15-27-28-24(29)14-17-7-4-3-5-8-17)11-12-22(23)31-16-19-20(25)9-6-10-21(19)26/h3-13,15H,2,14,16H2,1H3,(H,28,29)/b27-15-. The van der Waals surface area contributed by atoms with Crippen molar-refractivity contribution in [2.24, 2.45) is 5.10 Å². The second-order valence-corrected chi connectivity index (χ2v) is 7.40. The highest BCUT2D eigenvalue weighted by molar-refractivity contribution is 6.35. The van der Waals surface area contributed by atoms with Gasteiger partial charge >= 0.3 is 0 Å². The monoisotopic (exact) mass is 456 g/mol. The van der Waals surface area contributed by atoms with E-state index in [9.17, 15) is 4.79 Å². The fraction of sp³-hybridized carbons (Fsp3) is 0.167. The summed E-state index contributed by atoms with van der Waals surface area (Å²) in [5.74, 6) is 0.928. The van der Waals surface area contributed by atoms with Crippen molar-refractivity contribution in [2.45, 2.75) is 20.0 Å². The Labute approximate surface area is 191 Å². The van der Waals surface area contributed by atoms with Crippen LogP contribution in [0.15, 0.2) is 71.8 Å². The summed E-state index contributed by atoms with van der Waals surface area (Å²) in [4.78, 5) is 12.0. The van der Waals surface area contributed by atoms with Crippen LogP contribution in [-0.2, 0) is 17.8 Å². The van der Waals surface area contributed by atoms with Gasteiger partial charge in [-0.2, -0.15) is 5.10 Å². The number of hydrogen-bond acceptors (Lipinski definition) is 4. The topological polar surface area (TPSA) is 59.9 Å². The lowest BCUT2D eigenvalue weighted by atomic mass is 10.1. The van der Waals surface area contributed by atoms with Gasteiger partial charge in [0.25, 0.3) is 0 Å². The number of halogens is 2. The molecule has 3 rings (SSSR count). The molecule has 0 saturated heterocycles. The van der Waals surface area contributed by atoms with E-state index in [0.29, 0.717) is 33.7 Å². The average Bonchev–Trinajstić information content (AvgIpc) is 2.75. The van der Waals surface area contributed by atoms with Crippen molar-refractivity contribution in [3.8, 4) is 11.5 Å². The van der Waals surface area contributed by atoms with Gasteiger partial charge in [0.05, 0.1) is 19.2 Å². The highest BCUT2D eigenvalue weighted by Gasteiger charge is 2.10. The van der Waals surface area contributed by atoms with E-state index in [2.05, 4.69) is 10.5 Å². The first-order valence-corrected chi connectivity index (χ1v) is 10.5. The van der Waals surface area contributed by atoms with Crippen molar-refractivity contribution in [1.29, 1.82) is 0 Å². The van der Waals surface area contributed by atoms with Crippen LogP contribution >= 0.6 is 23.2 Å². The van der Waals surface area contributed by atoms with Crippen molar-refractivity contribution in [3.63, 3.8) is 0 Å². The quantitative estimate of drug-likeness (QED) is 0.333. The van der Waals surface area contributed by atoms with Crippen molar-refractivity contribution in [3.05, 3.63) is 93.5 Å². The van der Waals surface area contributed by atoms with Crippen molar-refractivity contribution in [2.75, 3.05) is 6.61 Å². The number of amides is 1. The normalized spacial score (nSPS) is 10.8. The average molecular weight is 457 g/mol. The molecule has 0 aromatic heterocycles. The number of carbonyl (C=O) groups excluding carboxylic acids is 1. The highest BCUT2D eigenvalue weighted by Crippen LogP contribution is 2.31. The Morgan fingerprint density at radius 2 is 1.71 bits per heavy atom. The maximum Gasteiger partial charge on any atom is 0.244 e. The Morgan fingerprint density at radius 3 is 2.42 bits per heavy atom. The van der Waals surface area contributed by atoms with E-state index in [0.717, 1.165) is 11.1 Å². The molecule has 0 unspecified atom stereocenters. The summed E-state index contributed by atoms with van der Waals surface area (Å²) in [7, 11) is 0. The predicted octanol–water partition coefficient (Wildman–Crippen LogP) is 5.66. The van der Waals surface area contributed by atoms with E-state index in [1.165, 1.54) is 0 Å². The van der Waals surface area contributed by atoms with Gasteiger partial charge in [0, 0.05) is 15.6 Å². The molecule has 0 aliphatic carbocycles. The first kappa shape index (κ1) is 22.7. The fourth-order valence-corrected chi connectivity index (χ4v) is 3.32. The van der Waals surface area contributed by atoms with E-state index < -0.39 is 0 Å². The summed E-state index contributed by atoms with van der Waals surface area (Å²) < 4.78 is 11.6. The Kier molecular flexibility index (Phi) is 8.33. The first-order valence-electron chi connectivity index (χ1n) is 9.75. The smallest absolute Gasteiger partial charge is 0.244 e. The lowest BCUT2D eigenvalue weighted by Gasteiger charge is -2.14. The van der Waals surface area contributed by atoms with Crippen LogP contribution in [0.25, 0.3) is 0 Å². The molecule has 0 heterocycles. The minimum Gasteiger partial charge on any atom is -0.490 e. The van der Waals surface area contributed by atoms with E-state index >= 15 is 0 Å². The molecule has 3 aromatic carbocycles. The molecule has 5 nitrogen and oxygen atoms in total. The third kappa shape index (κ3) is 6.74. The van der Waals surface area contributed by atoms with Gasteiger partial charge in [-0.1, -0.05) is 59.6 Å². The van der Waals surface area contributed by atoms with Gasteiger partial charge in [0.1, 0.15) is 6.61 Å². The molecular formula is C24H22Cl2N2O3. The van der Waals surface area contributed by atoms with E-state index in [4.69, 9.17) is 32.7 Å². The van der Waals surface area contributed by atoms with Gasteiger partial charge in [-0.3, -0.25) is 4.79 Å². The zero-order valence-electron chi connectivity index (χ0n) is 17.0. The number of nitrogens with one attached hydrogen (secondary N) is 1. The van der Waals surface area contributed by atoms with Crippen LogP contribution in [0.2, 0.25) is 10.0 Å². The Hall–Kier alpha value is -3.02. The molecule has 1 N–H and O–H groups in total. The van der Waals surface area contributed by atoms with Gasteiger partial charge in [-0.15, -0.1) is 0 Å². The number of rotatable bonds is 9. The largest absolute Gasteiger partial charge is 0.490 e. The molecule has 7 heteroatoms.